The lowest BCUT2D eigenvalue weighted by molar-refractivity contribution is 0.153. The van der Waals surface area contributed by atoms with Gasteiger partial charge < -0.3 is 19.1 Å². The molecular weight excluding hydrogens is 280 g/mol. The first-order chi connectivity index (χ1) is 10.8. The van der Waals surface area contributed by atoms with Gasteiger partial charge in [-0.15, -0.1) is 0 Å². The lowest BCUT2D eigenvalue weighted by Crippen LogP contribution is -2.16. The number of aliphatic hydroxyl groups is 1. The summed E-state index contributed by atoms with van der Waals surface area (Å²) in [5.41, 5.74) is 2.75. The first-order valence-corrected chi connectivity index (χ1v) is 7.29. The Balaban J connectivity index is 1.60. The van der Waals surface area contributed by atoms with Gasteiger partial charge >= 0.3 is 0 Å². The van der Waals surface area contributed by atoms with Gasteiger partial charge in [-0.3, -0.25) is 0 Å². The third-order valence-corrected chi connectivity index (χ3v) is 3.85. The molecule has 1 aromatic heterocycles. The second-order valence-electron chi connectivity index (χ2n) is 5.30. The van der Waals surface area contributed by atoms with Crippen molar-refractivity contribution in [3.63, 3.8) is 0 Å². The third-order valence-electron chi connectivity index (χ3n) is 3.85. The van der Waals surface area contributed by atoms with Gasteiger partial charge in [0.2, 0.25) is 0 Å². The van der Waals surface area contributed by atoms with Gasteiger partial charge in [0.05, 0.1) is 30.0 Å². The summed E-state index contributed by atoms with van der Waals surface area (Å²) in [5.74, 6) is 1.42. The molecule has 0 saturated carbocycles. The van der Waals surface area contributed by atoms with Crippen LogP contribution in [0.2, 0.25) is 0 Å². The van der Waals surface area contributed by atoms with Gasteiger partial charge in [-0.05, 0) is 29.8 Å². The van der Waals surface area contributed by atoms with Crippen molar-refractivity contribution in [2.75, 3.05) is 13.2 Å². The molecule has 1 aliphatic heterocycles. The number of ether oxygens (including phenoxy) is 2. The van der Waals surface area contributed by atoms with Crippen LogP contribution in [0.15, 0.2) is 48.8 Å². The average molecular weight is 296 g/mol. The number of benzene rings is 2. The topological polar surface area (TPSA) is 56.5 Å². The van der Waals surface area contributed by atoms with Gasteiger partial charge in [0.15, 0.2) is 11.5 Å². The molecule has 4 rings (SSSR count). The Labute approximate surface area is 127 Å². The molecule has 0 spiro atoms. The third kappa shape index (κ3) is 2.29. The van der Waals surface area contributed by atoms with Gasteiger partial charge in [0.25, 0.3) is 0 Å². The summed E-state index contributed by atoms with van der Waals surface area (Å²) in [6.07, 6.45) is 1.12. The minimum absolute atomic E-state index is 0.445. The zero-order chi connectivity index (χ0) is 14.9. The normalized spacial score (nSPS) is 15.0. The first kappa shape index (κ1) is 13.2. The van der Waals surface area contributed by atoms with E-state index in [1.54, 1.807) is 6.33 Å². The fourth-order valence-corrected chi connectivity index (χ4v) is 2.71. The Bertz CT molecular complexity index is 813. The highest BCUT2D eigenvalue weighted by Crippen LogP contribution is 2.33. The number of para-hydroxylation sites is 2. The van der Waals surface area contributed by atoms with Crippen LogP contribution in [0.4, 0.5) is 0 Å². The van der Waals surface area contributed by atoms with Crippen LogP contribution in [0.5, 0.6) is 11.5 Å². The van der Waals surface area contributed by atoms with Crippen molar-refractivity contribution in [2.45, 2.75) is 12.6 Å². The zero-order valence-electron chi connectivity index (χ0n) is 12.0. The molecule has 3 aromatic rings. The smallest absolute Gasteiger partial charge is 0.161 e. The molecule has 2 aromatic carbocycles. The molecule has 22 heavy (non-hydrogen) atoms. The van der Waals surface area contributed by atoms with E-state index in [9.17, 15) is 5.11 Å². The van der Waals surface area contributed by atoms with Crippen LogP contribution in [0.25, 0.3) is 11.0 Å². The zero-order valence-corrected chi connectivity index (χ0v) is 12.0. The van der Waals surface area contributed by atoms with E-state index in [-0.39, 0.29) is 0 Å². The van der Waals surface area contributed by atoms with Crippen LogP contribution in [0.3, 0.4) is 0 Å². The molecule has 2 heterocycles. The van der Waals surface area contributed by atoms with E-state index < -0.39 is 6.10 Å². The predicted octanol–water partition coefficient (Wildman–Crippen LogP) is 2.54. The van der Waals surface area contributed by atoms with Crippen LogP contribution in [0.1, 0.15) is 11.7 Å². The Hall–Kier alpha value is -2.53. The molecule has 0 saturated heterocycles. The standard InChI is InChI=1S/C17H16N2O3/c20-15(10-19-11-18-13-3-1-2-4-14(13)19)12-5-6-16-17(9-12)22-8-7-21-16/h1-6,9,11,15,20H,7-8,10H2/t15-/m0/s1. The number of hydrogen-bond donors (Lipinski definition) is 1. The monoisotopic (exact) mass is 296 g/mol. The van der Waals surface area contributed by atoms with E-state index in [0.717, 1.165) is 22.3 Å². The summed E-state index contributed by atoms with van der Waals surface area (Å²) in [6, 6.07) is 13.4. The second-order valence-corrected chi connectivity index (χ2v) is 5.30. The molecule has 0 radical (unpaired) electrons. The van der Waals surface area contributed by atoms with Crippen LogP contribution < -0.4 is 9.47 Å². The van der Waals surface area contributed by atoms with E-state index in [1.807, 2.05) is 47.0 Å². The lowest BCUT2D eigenvalue weighted by Gasteiger charge is -2.20. The second kappa shape index (κ2) is 5.35. The van der Waals surface area contributed by atoms with E-state index >= 15 is 0 Å². The summed E-state index contributed by atoms with van der Waals surface area (Å²) >= 11 is 0. The quantitative estimate of drug-likeness (QED) is 0.807. The molecular formula is C17H16N2O3. The molecule has 0 bridgehead atoms. The Morgan fingerprint density at radius 2 is 1.91 bits per heavy atom. The number of imidazole rings is 1. The Morgan fingerprint density at radius 1 is 1.09 bits per heavy atom. The molecule has 0 aliphatic carbocycles. The van der Waals surface area contributed by atoms with E-state index in [1.165, 1.54) is 0 Å². The molecule has 5 heteroatoms. The molecule has 1 N–H and O–H groups in total. The van der Waals surface area contributed by atoms with E-state index in [0.29, 0.717) is 25.5 Å². The largest absolute Gasteiger partial charge is 0.486 e. The minimum Gasteiger partial charge on any atom is -0.486 e. The van der Waals surface area contributed by atoms with Crippen LogP contribution in [-0.4, -0.2) is 27.9 Å². The summed E-state index contributed by atoms with van der Waals surface area (Å²) < 4.78 is 13.0. The van der Waals surface area contributed by atoms with Gasteiger partial charge in [-0.1, -0.05) is 18.2 Å². The summed E-state index contributed by atoms with van der Waals surface area (Å²) in [4.78, 5) is 4.34. The molecule has 1 aliphatic rings. The number of fused-ring (bicyclic) bond motifs is 2. The maximum Gasteiger partial charge on any atom is 0.161 e. The maximum absolute atomic E-state index is 10.5. The number of nitrogens with zero attached hydrogens (tertiary/aromatic N) is 2. The maximum atomic E-state index is 10.5. The van der Waals surface area contributed by atoms with Crippen molar-refractivity contribution in [3.8, 4) is 11.5 Å². The molecule has 0 unspecified atom stereocenters. The van der Waals surface area contributed by atoms with Crippen LogP contribution >= 0.6 is 0 Å². The van der Waals surface area contributed by atoms with Crippen molar-refractivity contribution >= 4 is 11.0 Å². The fourth-order valence-electron chi connectivity index (χ4n) is 2.71. The van der Waals surface area contributed by atoms with Crippen molar-refractivity contribution in [3.05, 3.63) is 54.4 Å². The number of rotatable bonds is 3. The fraction of sp³-hybridized carbons (Fsp3) is 0.235. The van der Waals surface area contributed by atoms with E-state index in [2.05, 4.69) is 4.98 Å². The SMILES string of the molecule is O[C@@H](Cn1cnc2ccccc21)c1ccc2c(c1)OCCO2. The van der Waals surface area contributed by atoms with Crippen molar-refractivity contribution in [1.29, 1.82) is 0 Å². The van der Waals surface area contributed by atoms with Gasteiger partial charge in [-0.2, -0.15) is 0 Å². The summed E-state index contributed by atoms with van der Waals surface area (Å²) in [5, 5.41) is 10.5. The van der Waals surface area contributed by atoms with Gasteiger partial charge in [0.1, 0.15) is 13.2 Å². The number of aromatic nitrogens is 2. The van der Waals surface area contributed by atoms with Gasteiger partial charge in [0, 0.05) is 0 Å². The Kier molecular flexibility index (Phi) is 3.20. The van der Waals surface area contributed by atoms with Crippen molar-refractivity contribution in [1.82, 2.24) is 9.55 Å². The van der Waals surface area contributed by atoms with Crippen molar-refractivity contribution in [2.24, 2.45) is 0 Å². The lowest BCUT2D eigenvalue weighted by atomic mass is 10.1. The Morgan fingerprint density at radius 3 is 2.82 bits per heavy atom. The van der Waals surface area contributed by atoms with Crippen molar-refractivity contribution < 1.29 is 14.6 Å². The first-order valence-electron chi connectivity index (χ1n) is 7.29. The van der Waals surface area contributed by atoms with Gasteiger partial charge in [-0.25, -0.2) is 4.98 Å². The molecule has 0 fully saturated rings. The highest BCUT2D eigenvalue weighted by Gasteiger charge is 2.16. The number of hydrogen-bond acceptors (Lipinski definition) is 4. The molecule has 1 atom stereocenters. The highest BCUT2D eigenvalue weighted by atomic mass is 16.6. The molecule has 112 valence electrons. The highest BCUT2D eigenvalue weighted by molar-refractivity contribution is 5.74. The van der Waals surface area contributed by atoms with E-state index in [4.69, 9.17) is 9.47 Å². The van der Waals surface area contributed by atoms with Crippen LogP contribution in [-0.2, 0) is 6.54 Å². The summed E-state index contributed by atoms with van der Waals surface area (Å²) in [7, 11) is 0. The minimum atomic E-state index is -0.631. The molecule has 5 nitrogen and oxygen atoms in total. The number of aliphatic hydroxyl groups excluding tert-OH is 1. The summed E-state index contributed by atoms with van der Waals surface area (Å²) in [6.45, 7) is 1.55. The van der Waals surface area contributed by atoms with Crippen LogP contribution in [0, 0.1) is 0 Å². The predicted molar refractivity (Wildman–Crippen MR) is 82.1 cm³/mol. The molecule has 0 amide bonds. The average Bonchev–Trinajstić information content (AvgIpc) is 2.97.